The van der Waals surface area contributed by atoms with Crippen molar-refractivity contribution in [2.45, 2.75) is 70.8 Å². The summed E-state index contributed by atoms with van der Waals surface area (Å²) < 4.78 is 12.4. The van der Waals surface area contributed by atoms with E-state index in [-0.39, 0.29) is 17.5 Å². The third-order valence-electron chi connectivity index (χ3n) is 8.67. The molecule has 4 rings (SSSR count). The highest BCUT2D eigenvalue weighted by Crippen LogP contribution is 2.46. The molecule has 2 heterocycles. The fourth-order valence-electron chi connectivity index (χ4n) is 5.81. The van der Waals surface area contributed by atoms with Crippen molar-refractivity contribution in [3.05, 3.63) is 58.8 Å². The van der Waals surface area contributed by atoms with Gasteiger partial charge in [0, 0.05) is 43.9 Å². The SMILES string of the molecule is [C-]#[N+]c1cnc(C(=O)Nc2ccc(C3(OCCCN(C)C)CCOCC3)cc2C2=CCC(CC)(CC)CC2)[nH]1. The van der Waals surface area contributed by atoms with E-state index in [2.05, 4.69) is 71.2 Å². The number of ether oxygens (including phenoxy) is 2. The van der Waals surface area contributed by atoms with Crippen LogP contribution in [0.3, 0.4) is 0 Å². The molecule has 2 aliphatic rings. The number of benzene rings is 1. The lowest BCUT2D eigenvalue weighted by Gasteiger charge is -2.39. The lowest BCUT2D eigenvalue weighted by molar-refractivity contribution is -0.117. The van der Waals surface area contributed by atoms with E-state index in [1.165, 1.54) is 24.6 Å². The second-order valence-corrected chi connectivity index (χ2v) is 11.2. The molecule has 8 nitrogen and oxygen atoms in total. The van der Waals surface area contributed by atoms with Crippen LogP contribution in [0.25, 0.3) is 10.4 Å². The van der Waals surface area contributed by atoms with Crippen LogP contribution in [0.1, 0.15) is 87.0 Å². The van der Waals surface area contributed by atoms with Gasteiger partial charge in [0.05, 0.1) is 11.8 Å². The molecule has 2 N–H and O–H groups in total. The molecule has 8 heteroatoms. The molecule has 1 fully saturated rings. The Morgan fingerprint density at radius 1 is 1.23 bits per heavy atom. The average molecular weight is 534 g/mol. The maximum absolute atomic E-state index is 13.1. The van der Waals surface area contributed by atoms with Crippen LogP contribution in [-0.4, -0.2) is 61.2 Å². The number of rotatable bonds is 11. The Bertz CT molecular complexity index is 1200. The smallest absolute Gasteiger partial charge is 0.314 e. The summed E-state index contributed by atoms with van der Waals surface area (Å²) >= 11 is 0. The molecule has 39 heavy (non-hydrogen) atoms. The van der Waals surface area contributed by atoms with Crippen molar-refractivity contribution in [2.75, 3.05) is 45.8 Å². The number of nitrogens with zero attached hydrogens (tertiary/aromatic N) is 3. The topological polar surface area (TPSA) is 83.8 Å². The van der Waals surface area contributed by atoms with Gasteiger partial charge in [0.15, 0.2) is 0 Å². The Labute approximate surface area is 233 Å². The number of allylic oxidation sites excluding steroid dienone is 2. The molecule has 1 aromatic carbocycles. The molecule has 0 saturated carbocycles. The van der Waals surface area contributed by atoms with E-state index in [0.29, 0.717) is 25.2 Å². The predicted molar refractivity (Wildman–Crippen MR) is 155 cm³/mol. The van der Waals surface area contributed by atoms with Gasteiger partial charge in [-0.1, -0.05) is 45.4 Å². The standard InChI is InChI=1S/C31H43N5O3/c1-6-30(7-2)13-11-23(12-14-30)25-21-24(31(15-19-38-20-16-31)39-18-8-17-36(4)5)9-10-26(25)34-29(37)28-33-22-27(32-3)35-28/h9-11,21-22H,6-8,12-20H2,1-2,4-5H3,(H,33,35)(H,34,37). The van der Waals surface area contributed by atoms with Crippen LogP contribution < -0.4 is 5.32 Å². The maximum Gasteiger partial charge on any atom is 0.314 e. The first kappa shape index (κ1) is 29.0. The Morgan fingerprint density at radius 2 is 2.00 bits per heavy atom. The predicted octanol–water partition coefficient (Wildman–Crippen LogP) is 6.56. The number of aromatic nitrogens is 2. The van der Waals surface area contributed by atoms with Crippen molar-refractivity contribution in [1.82, 2.24) is 14.9 Å². The molecule has 0 unspecified atom stereocenters. The quantitative estimate of drug-likeness (QED) is 0.252. The monoisotopic (exact) mass is 533 g/mol. The van der Waals surface area contributed by atoms with Crippen molar-refractivity contribution >= 4 is 23.0 Å². The van der Waals surface area contributed by atoms with Crippen LogP contribution in [0.4, 0.5) is 11.5 Å². The molecular weight excluding hydrogens is 490 g/mol. The highest BCUT2D eigenvalue weighted by atomic mass is 16.5. The van der Waals surface area contributed by atoms with Gasteiger partial charge in [0.25, 0.3) is 5.82 Å². The molecular formula is C31H43N5O3. The molecule has 1 aromatic heterocycles. The van der Waals surface area contributed by atoms with Crippen LogP contribution in [0.5, 0.6) is 0 Å². The van der Waals surface area contributed by atoms with Crippen molar-refractivity contribution in [3.63, 3.8) is 0 Å². The van der Waals surface area contributed by atoms with E-state index < -0.39 is 5.60 Å². The van der Waals surface area contributed by atoms with E-state index in [0.717, 1.165) is 61.9 Å². The number of H-pyrrole nitrogens is 1. The minimum atomic E-state index is -0.404. The molecule has 1 aliphatic carbocycles. The lowest BCUT2D eigenvalue weighted by Crippen LogP contribution is -2.37. The summed E-state index contributed by atoms with van der Waals surface area (Å²) in [7, 11) is 4.16. The van der Waals surface area contributed by atoms with E-state index in [4.69, 9.17) is 16.0 Å². The van der Waals surface area contributed by atoms with E-state index in [1.807, 2.05) is 6.07 Å². The first-order chi connectivity index (χ1) is 18.8. The summed E-state index contributed by atoms with van der Waals surface area (Å²) in [6, 6.07) is 6.33. The summed E-state index contributed by atoms with van der Waals surface area (Å²) in [5, 5.41) is 3.07. The Kier molecular flexibility index (Phi) is 9.60. The molecule has 1 saturated heterocycles. The summed E-state index contributed by atoms with van der Waals surface area (Å²) in [4.78, 5) is 25.5. The maximum atomic E-state index is 13.1. The van der Waals surface area contributed by atoms with Gasteiger partial charge < -0.3 is 24.5 Å². The van der Waals surface area contributed by atoms with Gasteiger partial charge in [0.1, 0.15) is 0 Å². The molecule has 1 aliphatic heterocycles. The number of nitrogens with one attached hydrogen (secondary N) is 2. The average Bonchev–Trinajstić information content (AvgIpc) is 3.46. The Morgan fingerprint density at radius 3 is 2.62 bits per heavy atom. The zero-order valence-electron chi connectivity index (χ0n) is 23.9. The third kappa shape index (κ3) is 6.78. The summed E-state index contributed by atoms with van der Waals surface area (Å²) in [6.45, 7) is 14.7. The van der Waals surface area contributed by atoms with Crippen molar-refractivity contribution in [2.24, 2.45) is 5.41 Å². The Balaban J connectivity index is 1.68. The zero-order chi connectivity index (χ0) is 27.9. The van der Waals surface area contributed by atoms with Crippen LogP contribution in [0, 0.1) is 12.0 Å². The number of anilines is 1. The normalized spacial score (nSPS) is 18.4. The highest BCUT2D eigenvalue weighted by Gasteiger charge is 2.37. The first-order valence-electron chi connectivity index (χ1n) is 14.3. The summed E-state index contributed by atoms with van der Waals surface area (Å²) in [6.07, 6.45) is 11.8. The van der Waals surface area contributed by atoms with Gasteiger partial charge in [-0.15, -0.1) is 0 Å². The van der Waals surface area contributed by atoms with Crippen LogP contribution in [0.2, 0.25) is 0 Å². The van der Waals surface area contributed by atoms with Crippen LogP contribution >= 0.6 is 0 Å². The third-order valence-corrected chi connectivity index (χ3v) is 8.67. The second-order valence-electron chi connectivity index (χ2n) is 11.2. The van der Waals surface area contributed by atoms with Crippen molar-refractivity contribution in [3.8, 4) is 0 Å². The highest BCUT2D eigenvalue weighted by molar-refractivity contribution is 6.03. The van der Waals surface area contributed by atoms with Gasteiger partial charge in [-0.2, -0.15) is 0 Å². The number of carbonyl (C=O) groups is 1. The molecule has 0 radical (unpaired) electrons. The van der Waals surface area contributed by atoms with Crippen LogP contribution in [-0.2, 0) is 15.1 Å². The van der Waals surface area contributed by atoms with Crippen molar-refractivity contribution in [1.29, 1.82) is 0 Å². The molecule has 0 spiro atoms. The number of aromatic amines is 1. The minimum absolute atomic E-state index is 0.134. The van der Waals surface area contributed by atoms with Crippen molar-refractivity contribution < 1.29 is 14.3 Å². The molecule has 1 amide bonds. The number of amides is 1. The fraction of sp³-hybridized carbons (Fsp3) is 0.581. The van der Waals surface area contributed by atoms with E-state index >= 15 is 0 Å². The summed E-state index contributed by atoms with van der Waals surface area (Å²) in [5.74, 6) is 0.0244. The molecule has 0 bridgehead atoms. The zero-order valence-corrected chi connectivity index (χ0v) is 23.9. The van der Waals surface area contributed by atoms with Gasteiger partial charge in [-0.25, -0.2) is 4.98 Å². The number of imidazole rings is 1. The first-order valence-corrected chi connectivity index (χ1v) is 14.3. The fourth-order valence-corrected chi connectivity index (χ4v) is 5.81. The van der Waals surface area contributed by atoms with Gasteiger partial charge >= 0.3 is 5.91 Å². The largest absolute Gasteiger partial charge is 0.381 e. The number of carbonyl (C=O) groups excluding carboxylic acids is 1. The van der Waals surface area contributed by atoms with E-state index in [9.17, 15) is 4.79 Å². The Hall–Kier alpha value is -2.99. The van der Waals surface area contributed by atoms with E-state index in [1.54, 1.807) is 0 Å². The van der Waals surface area contributed by atoms with Crippen LogP contribution in [0.15, 0.2) is 30.5 Å². The number of hydrogen-bond acceptors (Lipinski definition) is 5. The molecule has 210 valence electrons. The van der Waals surface area contributed by atoms with Gasteiger partial charge in [0.2, 0.25) is 5.82 Å². The lowest BCUT2D eigenvalue weighted by atomic mass is 9.70. The molecule has 0 atom stereocenters. The number of hydrogen-bond donors (Lipinski definition) is 2. The second kappa shape index (κ2) is 12.9. The van der Waals surface area contributed by atoms with Gasteiger partial charge in [-0.05, 0) is 75.0 Å². The molecule has 2 aromatic rings. The van der Waals surface area contributed by atoms with Gasteiger partial charge in [-0.3, -0.25) is 9.78 Å². The minimum Gasteiger partial charge on any atom is -0.381 e. The summed E-state index contributed by atoms with van der Waals surface area (Å²) in [5.41, 5.74) is 4.15.